The van der Waals surface area contributed by atoms with Crippen LogP contribution in [-0.4, -0.2) is 29.3 Å². The number of nitrogens with zero attached hydrogens (tertiary/aromatic N) is 1. The van der Waals surface area contributed by atoms with Crippen molar-refractivity contribution in [3.8, 4) is 0 Å². The van der Waals surface area contributed by atoms with Crippen molar-refractivity contribution in [3.63, 3.8) is 0 Å². The summed E-state index contributed by atoms with van der Waals surface area (Å²) in [5, 5.41) is 0.542. The van der Waals surface area contributed by atoms with Gasteiger partial charge in [-0.1, -0.05) is 17.7 Å². The lowest BCUT2D eigenvalue weighted by atomic mass is 9.98. The first-order valence-corrected chi connectivity index (χ1v) is 7.68. The van der Waals surface area contributed by atoms with Crippen molar-refractivity contribution in [1.82, 2.24) is 4.90 Å². The zero-order valence-electron chi connectivity index (χ0n) is 11.2. The number of hydrogen-bond acceptors (Lipinski definition) is 1. The molecule has 1 atom stereocenters. The SMILES string of the molecule is Cc1ccc(C(=O)N2CCCCC2CCCl)c(Cl)c1. The van der Waals surface area contributed by atoms with Gasteiger partial charge in [-0.25, -0.2) is 0 Å². The van der Waals surface area contributed by atoms with Crippen molar-refractivity contribution in [2.24, 2.45) is 0 Å². The third kappa shape index (κ3) is 3.43. The van der Waals surface area contributed by atoms with Crippen molar-refractivity contribution >= 4 is 29.1 Å². The highest BCUT2D eigenvalue weighted by Crippen LogP contribution is 2.25. The monoisotopic (exact) mass is 299 g/mol. The number of likely N-dealkylation sites (tertiary alicyclic amines) is 1. The molecule has 0 radical (unpaired) electrons. The molecule has 0 bridgehead atoms. The van der Waals surface area contributed by atoms with Crippen LogP contribution >= 0.6 is 23.2 Å². The van der Waals surface area contributed by atoms with Crippen molar-refractivity contribution in [3.05, 3.63) is 34.3 Å². The largest absolute Gasteiger partial charge is 0.336 e. The number of aryl methyl sites for hydroxylation is 1. The van der Waals surface area contributed by atoms with Gasteiger partial charge in [-0.15, -0.1) is 11.6 Å². The molecular weight excluding hydrogens is 281 g/mol. The molecule has 4 heteroatoms. The van der Waals surface area contributed by atoms with E-state index in [1.165, 1.54) is 6.42 Å². The lowest BCUT2D eigenvalue weighted by Crippen LogP contribution is -2.44. The highest BCUT2D eigenvalue weighted by molar-refractivity contribution is 6.33. The van der Waals surface area contributed by atoms with Gasteiger partial charge in [0.1, 0.15) is 0 Å². The molecule has 1 saturated heterocycles. The van der Waals surface area contributed by atoms with E-state index < -0.39 is 0 Å². The second-order valence-corrected chi connectivity index (χ2v) is 5.89. The van der Waals surface area contributed by atoms with Gasteiger partial charge in [0.25, 0.3) is 5.91 Å². The maximum atomic E-state index is 12.6. The highest BCUT2D eigenvalue weighted by Gasteiger charge is 2.27. The fourth-order valence-corrected chi connectivity index (χ4v) is 3.21. The van der Waals surface area contributed by atoms with Crippen LogP contribution in [0, 0.1) is 6.92 Å². The minimum atomic E-state index is 0.0415. The molecule has 104 valence electrons. The average Bonchev–Trinajstić information content (AvgIpc) is 2.39. The number of carbonyl (C=O) groups excluding carboxylic acids is 1. The predicted molar refractivity (Wildman–Crippen MR) is 80.2 cm³/mol. The molecule has 1 heterocycles. The Balaban J connectivity index is 2.21. The van der Waals surface area contributed by atoms with E-state index in [0.717, 1.165) is 31.4 Å². The van der Waals surface area contributed by atoms with Crippen LogP contribution in [0.15, 0.2) is 18.2 Å². The van der Waals surface area contributed by atoms with Crippen LogP contribution < -0.4 is 0 Å². The number of alkyl halides is 1. The molecule has 0 aliphatic carbocycles. The van der Waals surface area contributed by atoms with Crippen molar-refractivity contribution in [2.45, 2.75) is 38.6 Å². The van der Waals surface area contributed by atoms with Crippen LogP contribution in [0.2, 0.25) is 5.02 Å². The minimum absolute atomic E-state index is 0.0415. The summed E-state index contributed by atoms with van der Waals surface area (Å²) < 4.78 is 0. The zero-order valence-corrected chi connectivity index (χ0v) is 12.7. The summed E-state index contributed by atoms with van der Waals surface area (Å²) in [6.45, 7) is 2.78. The molecule has 1 unspecified atom stereocenters. The zero-order chi connectivity index (χ0) is 13.8. The Morgan fingerprint density at radius 3 is 2.89 bits per heavy atom. The first-order chi connectivity index (χ1) is 9.13. The van der Waals surface area contributed by atoms with Gasteiger partial charge >= 0.3 is 0 Å². The Morgan fingerprint density at radius 1 is 1.42 bits per heavy atom. The summed E-state index contributed by atoms with van der Waals surface area (Å²) >= 11 is 12.0. The van der Waals surface area contributed by atoms with Gasteiger partial charge in [0.15, 0.2) is 0 Å². The van der Waals surface area contributed by atoms with E-state index in [-0.39, 0.29) is 11.9 Å². The molecular formula is C15H19Cl2NO. The van der Waals surface area contributed by atoms with Gasteiger partial charge in [0.2, 0.25) is 0 Å². The summed E-state index contributed by atoms with van der Waals surface area (Å²) in [5.74, 6) is 0.635. The number of hydrogen-bond donors (Lipinski definition) is 0. The quantitative estimate of drug-likeness (QED) is 0.763. The summed E-state index contributed by atoms with van der Waals surface area (Å²) in [6, 6.07) is 5.86. The molecule has 2 nitrogen and oxygen atoms in total. The van der Waals surface area contributed by atoms with Gasteiger partial charge in [0.05, 0.1) is 10.6 Å². The first kappa shape index (κ1) is 14.7. The van der Waals surface area contributed by atoms with Crippen LogP contribution in [0.25, 0.3) is 0 Å². The molecule has 1 amide bonds. The molecule has 1 aliphatic rings. The second-order valence-electron chi connectivity index (χ2n) is 5.11. The standard InChI is InChI=1S/C15H19Cl2NO/c1-11-5-6-13(14(17)10-11)15(19)18-9-3-2-4-12(18)7-8-16/h5-6,10,12H,2-4,7-9H2,1H3. The molecule has 1 aromatic carbocycles. The maximum Gasteiger partial charge on any atom is 0.255 e. The van der Waals surface area contributed by atoms with Crippen LogP contribution in [0.5, 0.6) is 0 Å². The van der Waals surface area contributed by atoms with E-state index in [1.54, 1.807) is 0 Å². The van der Waals surface area contributed by atoms with E-state index in [0.29, 0.717) is 16.5 Å². The van der Waals surface area contributed by atoms with E-state index in [1.807, 2.05) is 30.0 Å². The third-order valence-corrected chi connectivity index (χ3v) is 4.22. The smallest absolute Gasteiger partial charge is 0.255 e. The van der Waals surface area contributed by atoms with Crippen LogP contribution in [-0.2, 0) is 0 Å². The third-order valence-electron chi connectivity index (χ3n) is 3.69. The molecule has 0 N–H and O–H groups in total. The fourth-order valence-electron chi connectivity index (χ4n) is 2.64. The summed E-state index contributed by atoms with van der Waals surface area (Å²) in [6.07, 6.45) is 4.14. The highest BCUT2D eigenvalue weighted by atomic mass is 35.5. The molecule has 0 spiro atoms. The Labute approximate surface area is 124 Å². The van der Waals surface area contributed by atoms with Gasteiger partial charge in [0, 0.05) is 18.5 Å². The summed E-state index contributed by atoms with van der Waals surface area (Å²) in [4.78, 5) is 14.6. The topological polar surface area (TPSA) is 20.3 Å². The molecule has 0 aromatic heterocycles. The fraction of sp³-hybridized carbons (Fsp3) is 0.533. The van der Waals surface area contributed by atoms with E-state index in [9.17, 15) is 4.79 Å². The van der Waals surface area contributed by atoms with Crippen LogP contribution in [0.4, 0.5) is 0 Å². The van der Waals surface area contributed by atoms with Crippen molar-refractivity contribution < 1.29 is 4.79 Å². The van der Waals surface area contributed by atoms with E-state index in [2.05, 4.69) is 0 Å². The molecule has 1 aromatic rings. The molecule has 1 aliphatic heterocycles. The number of carbonyl (C=O) groups is 1. The number of piperidine rings is 1. The minimum Gasteiger partial charge on any atom is -0.336 e. The van der Waals surface area contributed by atoms with Gasteiger partial charge in [-0.05, 0) is 50.3 Å². The van der Waals surface area contributed by atoms with E-state index in [4.69, 9.17) is 23.2 Å². The van der Waals surface area contributed by atoms with E-state index >= 15 is 0 Å². The number of benzene rings is 1. The lowest BCUT2D eigenvalue weighted by molar-refractivity contribution is 0.0609. The lowest BCUT2D eigenvalue weighted by Gasteiger charge is -2.35. The molecule has 19 heavy (non-hydrogen) atoms. The average molecular weight is 300 g/mol. The second kappa shape index (κ2) is 6.62. The number of amides is 1. The number of rotatable bonds is 3. The molecule has 2 rings (SSSR count). The van der Waals surface area contributed by atoms with Crippen LogP contribution in [0.3, 0.4) is 0 Å². The van der Waals surface area contributed by atoms with Crippen molar-refractivity contribution in [2.75, 3.05) is 12.4 Å². The van der Waals surface area contributed by atoms with Crippen LogP contribution in [0.1, 0.15) is 41.6 Å². The predicted octanol–water partition coefficient (Wildman–Crippen LogP) is 4.27. The normalized spacial score (nSPS) is 19.5. The Bertz CT molecular complexity index is 459. The summed E-state index contributed by atoms with van der Waals surface area (Å²) in [5.41, 5.74) is 1.67. The Morgan fingerprint density at radius 2 is 2.21 bits per heavy atom. The van der Waals surface area contributed by atoms with Gasteiger partial charge in [-0.2, -0.15) is 0 Å². The Kier molecular flexibility index (Phi) is 5.12. The number of halogens is 2. The first-order valence-electron chi connectivity index (χ1n) is 6.76. The molecule has 1 fully saturated rings. The summed E-state index contributed by atoms with van der Waals surface area (Å²) in [7, 11) is 0. The Hall–Kier alpha value is -0.730. The molecule has 0 saturated carbocycles. The van der Waals surface area contributed by atoms with Crippen molar-refractivity contribution in [1.29, 1.82) is 0 Å². The van der Waals surface area contributed by atoms with Gasteiger partial charge in [-0.3, -0.25) is 4.79 Å². The maximum absolute atomic E-state index is 12.6. The van der Waals surface area contributed by atoms with Gasteiger partial charge < -0.3 is 4.90 Å².